The largest absolute Gasteiger partial charge is 0.393 e. The van der Waals surface area contributed by atoms with Crippen molar-refractivity contribution >= 4 is 0 Å². The van der Waals surface area contributed by atoms with Crippen molar-refractivity contribution in [3.8, 4) is 0 Å². The molecule has 1 N–H and O–H groups in total. The summed E-state index contributed by atoms with van der Waals surface area (Å²) in [6, 6.07) is 0. The second-order valence-corrected chi connectivity index (χ2v) is 3.67. The highest BCUT2D eigenvalue weighted by Gasteiger charge is 2.19. The van der Waals surface area contributed by atoms with Gasteiger partial charge in [-0.3, -0.25) is 0 Å². The first-order valence-electron chi connectivity index (χ1n) is 4.81. The highest BCUT2D eigenvalue weighted by atomic mass is 16.3. The minimum absolute atomic E-state index is 0. The zero-order valence-electron chi connectivity index (χ0n) is 8.30. The van der Waals surface area contributed by atoms with Gasteiger partial charge in [0.25, 0.3) is 0 Å². The number of aliphatic hydroxyl groups excluding tert-OH is 1. The third-order valence-corrected chi connectivity index (χ3v) is 2.39. The van der Waals surface area contributed by atoms with Gasteiger partial charge in [-0.2, -0.15) is 0 Å². The molecule has 1 nitrogen and oxygen atoms in total. The van der Waals surface area contributed by atoms with E-state index in [1.54, 1.807) is 0 Å². The molecular weight excluding hydrogens is 148 g/mol. The average Bonchev–Trinajstić information content (AvgIpc) is 1.98. The van der Waals surface area contributed by atoms with Gasteiger partial charge in [0.2, 0.25) is 0 Å². The van der Waals surface area contributed by atoms with E-state index < -0.39 is 0 Å². The normalized spacial score (nSPS) is 15.5. The van der Waals surface area contributed by atoms with Crippen molar-refractivity contribution in [1.82, 2.24) is 0 Å². The minimum atomic E-state index is -0.0880. The molecule has 2 atom stereocenters. The van der Waals surface area contributed by atoms with E-state index >= 15 is 0 Å². The van der Waals surface area contributed by atoms with Gasteiger partial charge in [0.1, 0.15) is 0 Å². The standard InChI is InChI=1S/C10H22O.CH4/c1-5-7-9(8(3)4)10(11)6-2;/h8-11H,5-7H2,1-4H3;1H4/t9-,10-;/m0./s1. The molecule has 0 aliphatic carbocycles. The van der Waals surface area contributed by atoms with Gasteiger partial charge in [0.15, 0.2) is 0 Å². The van der Waals surface area contributed by atoms with Crippen LogP contribution >= 0.6 is 0 Å². The van der Waals surface area contributed by atoms with Gasteiger partial charge in [-0.15, -0.1) is 0 Å². The Bertz CT molecular complexity index is 89.0. The maximum atomic E-state index is 9.62. The van der Waals surface area contributed by atoms with E-state index in [0.29, 0.717) is 11.8 Å². The van der Waals surface area contributed by atoms with E-state index in [-0.39, 0.29) is 13.5 Å². The van der Waals surface area contributed by atoms with Crippen molar-refractivity contribution in [3.05, 3.63) is 0 Å². The molecule has 0 saturated heterocycles. The van der Waals surface area contributed by atoms with Gasteiger partial charge in [-0.25, -0.2) is 0 Å². The third-order valence-electron chi connectivity index (χ3n) is 2.39. The summed E-state index contributed by atoms with van der Waals surface area (Å²) in [6.45, 7) is 8.62. The van der Waals surface area contributed by atoms with Crippen LogP contribution in [0.2, 0.25) is 0 Å². The van der Waals surface area contributed by atoms with Crippen LogP contribution in [0.3, 0.4) is 0 Å². The summed E-state index contributed by atoms with van der Waals surface area (Å²) in [6.07, 6.45) is 3.14. The molecule has 0 heterocycles. The molecular formula is C11H26O. The molecule has 0 aromatic heterocycles. The lowest BCUT2D eigenvalue weighted by atomic mass is 9.85. The van der Waals surface area contributed by atoms with E-state index in [9.17, 15) is 5.11 Å². The average molecular weight is 174 g/mol. The number of hydrogen-bond acceptors (Lipinski definition) is 1. The fourth-order valence-electron chi connectivity index (χ4n) is 1.61. The topological polar surface area (TPSA) is 20.2 Å². The summed E-state index contributed by atoms with van der Waals surface area (Å²) in [5.74, 6) is 1.12. The maximum absolute atomic E-state index is 9.62. The monoisotopic (exact) mass is 174 g/mol. The van der Waals surface area contributed by atoms with Crippen LogP contribution in [0.25, 0.3) is 0 Å². The number of rotatable bonds is 5. The molecule has 0 aliphatic rings. The zero-order chi connectivity index (χ0) is 8.85. The second-order valence-electron chi connectivity index (χ2n) is 3.67. The third kappa shape index (κ3) is 4.76. The summed E-state index contributed by atoms with van der Waals surface area (Å²) >= 11 is 0. The summed E-state index contributed by atoms with van der Waals surface area (Å²) < 4.78 is 0. The molecule has 0 rings (SSSR count). The van der Waals surface area contributed by atoms with E-state index in [0.717, 1.165) is 12.8 Å². The Morgan fingerprint density at radius 3 is 1.92 bits per heavy atom. The Morgan fingerprint density at radius 2 is 1.67 bits per heavy atom. The highest BCUT2D eigenvalue weighted by Crippen LogP contribution is 2.22. The lowest BCUT2D eigenvalue weighted by molar-refractivity contribution is 0.0722. The van der Waals surface area contributed by atoms with Crippen LogP contribution in [-0.2, 0) is 0 Å². The van der Waals surface area contributed by atoms with Crippen LogP contribution in [0.5, 0.6) is 0 Å². The first kappa shape index (κ1) is 14.5. The predicted octanol–water partition coefficient (Wildman–Crippen LogP) is 3.47. The lowest BCUT2D eigenvalue weighted by Crippen LogP contribution is -2.24. The van der Waals surface area contributed by atoms with Crippen LogP contribution in [0, 0.1) is 11.8 Å². The first-order valence-corrected chi connectivity index (χ1v) is 4.81. The molecule has 0 aromatic carbocycles. The molecule has 0 aliphatic heterocycles. The Balaban J connectivity index is 0. The van der Waals surface area contributed by atoms with Gasteiger partial charge in [0, 0.05) is 0 Å². The lowest BCUT2D eigenvalue weighted by Gasteiger charge is -2.24. The van der Waals surface area contributed by atoms with Crippen molar-refractivity contribution < 1.29 is 5.11 Å². The number of aliphatic hydroxyl groups is 1. The molecule has 12 heavy (non-hydrogen) atoms. The number of hydrogen-bond donors (Lipinski definition) is 1. The predicted molar refractivity (Wildman–Crippen MR) is 56.3 cm³/mol. The Kier molecular flexibility index (Phi) is 9.17. The SMILES string of the molecule is C.CCC[C@@H](C(C)C)[C@@H](O)CC. The molecule has 0 spiro atoms. The highest BCUT2D eigenvalue weighted by molar-refractivity contribution is 4.70. The fourth-order valence-corrected chi connectivity index (χ4v) is 1.61. The molecule has 0 saturated carbocycles. The quantitative estimate of drug-likeness (QED) is 0.676. The van der Waals surface area contributed by atoms with Gasteiger partial charge >= 0.3 is 0 Å². The van der Waals surface area contributed by atoms with Crippen molar-refractivity contribution in [2.24, 2.45) is 11.8 Å². The van der Waals surface area contributed by atoms with Crippen molar-refractivity contribution in [1.29, 1.82) is 0 Å². The van der Waals surface area contributed by atoms with E-state index in [1.165, 1.54) is 6.42 Å². The Morgan fingerprint density at radius 1 is 1.17 bits per heavy atom. The van der Waals surface area contributed by atoms with E-state index in [2.05, 4.69) is 27.7 Å². The summed E-state index contributed by atoms with van der Waals surface area (Å²) in [4.78, 5) is 0. The molecule has 0 radical (unpaired) electrons. The van der Waals surface area contributed by atoms with Crippen LogP contribution in [0.4, 0.5) is 0 Å². The van der Waals surface area contributed by atoms with Crippen molar-refractivity contribution in [2.75, 3.05) is 0 Å². The molecule has 0 unspecified atom stereocenters. The summed E-state index contributed by atoms with van der Waals surface area (Å²) in [5.41, 5.74) is 0. The second kappa shape index (κ2) is 7.60. The molecule has 1 heteroatoms. The van der Waals surface area contributed by atoms with Gasteiger partial charge in [-0.05, 0) is 24.7 Å². The molecule has 76 valence electrons. The molecule has 0 bridgehead atoms. The van der Waals surface area contributed by atoms with Crippen LogP contribution < -0.4 is 0 Å². The fraction of sp³-hybridized carbons (Fsp3) is 1.00. The molecule has 0 fully saturated rings. The van der Waals surface area contributed by atoms with Crippen LogP contribution in [0.1, 0.15) is 54.4 Å². The van der Waals surface area contributed by atoms with Gasteiger partial charge in [-0.1, -0.05) is 41.5 Å². The van der Waals surface area contributed by atoms with Gasteiger partial charge < -0.3 is 5.11 Å². The molecule has 0 aromatic rings. The molecule has 0 amide bonds. The minimum Gasteiger partial charge on any atom is -0.393 e. The maximum Gasteiger partial charge on any atom is 0.0568 e. The van der Waals surface area contributed by atoms with E-state index in [4.69, 9.17) is 0 Å². The summed E-state index contributed by atoms with van der Waals surface area (Å²) in [5, 5.41) is 9.62. The van der Waals surface area contributed by atoms with E-state index in [1.807, 2.05) is 0 Å². The van der Waals surface area contributed by atoms with Gasteiger partial charge in [0.05, 0.1) is 6.10 Å². The van der Waals surface area contributed by atoms with Crippen molar-refractivity contribution in [2.45, 2.75) is 60.5 Å². The van der Waals surface area contributed by atoms with Crippen LogP contribution in [-0.4, -0.2) is 11.2 Å². The Labute approximate surface area is 78.2 Å². The zero-order valence-corrected chi connectivity index (χ0v) is 8.30. The smallest absolute Gasteiger partial charge is 0.0568 e. The van der Waals surface area contributed by atoms with Crippen LogP contribution in [0.15, 0.2) is 0 Å². The Hall–Kier alpha value is -0.0400. The first-order chi connectivity index (χ1) is 5.13. The van der Waals surface area contributed by atoms with Crippen molar-refractivity contribution in [3.63, 3.8) is 0 Å². The summed E-state index contributed by atoms with van der Waals surface area (Å²) in [7, 11) is 0.